The number of ether oxygens (including phenoxy) is 2. The van der Waals surface area contributed by atoms with E-state index in [1.54, 1.807) is 0 Å². The van der Waals surface area contributed by atoms with E-state index >= 15 is 0 Å². The van der Waals surface area contributed by atoms with Gasteiger partial charge in [0.05, 0.1) is 12.2 Å². The van der Waals surface area contributed by atoms with E-state index in [4.69, 9.17) is 9.47 Å². The molecule has 0 spiro atoms. The summed E-state index contributed by atoms with van der Waals surface area (Å²) in [5.74, 6) is -1.05. The molecule has 2 atom stereocenters. The Labute approximate surface area is 66.0 Å². The van der Waals surface area contributed by atoms with Gasteiger partial charge in [0, 0.05) is 6.61 Å². The number of carbonyl (C=O) groups is 1. The molecule has 0 aromatic carbocycles. The average molecular weight is 156 g/mol. The summed E-state index contributed by atoms with van der Waals surface area (Å²) in [6.07, 6.45) is 4.03. The molecule has 0 saturated carbocycles. The molecule has 2 unspecified atom stereocenters. The van der Waals surface area contributed by atoms with Crippen LogP contribution in [0.1, 0.15) is 13.8 Å². The highest BCUT2D eigenvalue weighted by Crippen LogP contribution is 2.28. The van der Waals surface area contributed by atoms with Crippen molar-refractivity contribution < 1.29 is 14.3 Å². The number of hydrogen-bond donors (Lipinski definition) is 0. The zero-order valence-corrected chi connectivity index (χ0v) is 6.74. The molecule has 0 aromatic rings. The predicted octanol–water partition coefficient (Wildman–Crippen LogP) is 1.10. The molecule has 0 aliphatic carbocycles. The lowest BCUT2D eigenvalue weighted by Gasteiger charge is -2.25. The van der Waals surface area contributed by atoms with Gasteiger partial charge < -0.3 is 9.47 Å². The van der Waals surface area contributed by atoms with Gasteiger partial charge in [0.1, 0.15) is 0 Å². The third-order valence-electron chi connectivity index (χ3n) is 1.79. The lowest BCUT2D eigenvalue weighted by molar-refractivity contribution is -0.199. The predicted molar refractivity (Wildman–Crippen MR) is 39.8 cm³/mol. The van der Waals surface area contributed by atoms with E-state index in [1.807, 2.05) is 19.9 Å². The highest BCUT2D eigenvalue weighted by atomic mass is 16.7. The van der Waals surface area contributed by atoms with Crippen LogP contribution in [0.4, 0.5) is 0 Å². The molecule has 0 bridgehead atoms. The van der Waals surface area contributed by atoms with Gasteiger partial charge in [-0.05, 0) is 13.0 Å². The molecule has 1 aliphatic heterocycles. The van der Waals surface area contributed by atoms with Crippen molar-refractivity contribution in [3.05, 3.63) is 12.3 Å². The SMILES string of the molecule is CCOC1(C=O)OC=CC1C. The minimum atomic E-state index is -1.05. The average Bonchev–Trinajstić information content (AvgIpc) is 2.35. The van der Waals surface area contributed by atoms with E-state index in [9.17, 15) is 4.79 Å². The summed E-state index contributed by atoms with van der Waals surface area (Å²) in [6.45, 7) is 4.19. The molecule has 1 rings (SSSR count). The fourth-order valence-electron chi connectivity index (χ4n) is 1.07. The second kappa shape index (κ2) is 3.05. The normalized spacial score (nSPS) is 35.3. The Morgan fingerprint density at radius 2 is 2.55 bits per heavy atom. The number of hydrogen-bond acceptors (Lipinski definition) is 3. The summed E-state index contributed by atoms with van der Waals surface area (Å²) < 4.78 is 10.3. The van der Waals surface area contributed by atoms with Gasteiger partial charge in [-0.2, -0.15) is 0 Å². The smallest absolute Gasteiger partial charge is 0.272 e. The largest absolute Gasteiger partial charge is 0.462 e. The molecule has 0 radical (unpaired) electrons. The molecule has 62 valence electrons. The van der Waals surface area contributed by atoms with Gasteiger partial charge in [-0.3, -0.25) is 4.79 Å². The van der Waals surface area contributed by atoms with E-state index in [0.29, 0.717) is 12.9 Å². The lowest BCUT2D eigenvalue weighted by atomic mass is 10.0. The van der Waals surface area contributed by atoms with Gasteiger partial charge in [-0.25, -0.2) is 0 Å². The number of carbonyl (C=O) groups excluding carboxylic acids is 1. The molecule has 1 heterocycles. The zero-order valence-electron chi connectivity index (χ0n) is 6.74. The van der Waals surface area contributed by atoms with Crippen LogP contribution in [0.5, 0.6) is 0 Å². The molecule has 3 nitrogen and oxygen atoms in total. The van der Waals surface area contributed by atoms with E-state index in [2.05, 4.69) is 0 Å². The molecular weight excluding hydrogens is 144 g/mol. The van der Waals surface area contributed by atoms with Crippen molar-refractivity contribution in [3.8, 4) is 0 Å². The highest BCUT2D eigenvalue weighted by Gasteiger charge is 2.40. The zero-order chi connectivity index (χ0) is 8.32. The van der Waals surface area contributed by atoms with Crippen molar-refractivity contribution >= 4 is 6.29 Å². The van der Waals surface area contributed by atoms with Crippen molar-refractivity contribution in [3.63, 3.8) is 0 Å². The Balaban J connectivity index is 2.68. The van der Waals surface area contributed by atoms with Crippen molar-refractivity contribution in [2.45, 2.75) is 19.6 Å². The molecular formula is C8H12O3. The van der Waals surface area contributed by atoms with Crippen LogP contribution >= 0.6 is 0 Å². The lowest BCUT2D eigenvalue weighted by Crippen LogP contribution is -2.39. The first-order chi connectivity index (χ1) is 5.25. The minimum absolute atomic E-state index is 0.0000463. The standard InChI is InChI=1S/C8H12O3/c1-3-10-8(6-9)7(2)4-5-11-8/h4-7H,3H2,1-2H3. The summed E-state index contributed by atoms with van der Waals surface area (Å²) in [5.41, 5.74) is 0. The molecule has 1 aliphatic rings. The summed E-state index contributed by atoms with van der Waals surface area (Å²) in [4.78, 5) is 10.6. The highest BCUT2D eigenvalue weighted by molar-refractivity contribution is 5.62. The van der Waals surface area contributed by atoms with Crippen LogP contribution in [0.3, 0.4) is 0 Å². The molecule has 0 saturated heterocycles. The topological polar surface area (TPSA) is 35.5 Å². The fourth-order valence-corrected chi connectivity index (χ4v) is 1.07. The minimum Gasteiger partial charge on any atom is -0.462 e. The van der Waals surface area contributed by atoms with Gasteiger partial charge >= 0.3 is 0 Å². The summed E-state index contributed by atoms with van der Waals surface area (Å²) in [6, 6.07) is 0. The van der Waals surface area contributed by atoms with Crippen molar-refractivity contribution in [2.75, 3.05) is 6.61 Å². The van der Waals surface area contributed by atoms with Crippen LogP contribution in [0, 0.1) is 5.92 Å². The maximum atomic E-state index is 10.6. The molecule has 0 N–H and O–H groups in total. The first-order valence-electron chi connectivity index (χ1n) is 3.70. The summed E-state index contributed by atoms with van der Waals surface area (Å²) in [5, 5.41) is 0. The molecule has 3 heteroatoms. The van der Waals surface area contributed by atoms with Crippen LogP contribution < -0.4 is 0 Å². The fraction of sp³-hybridized carbons (Fsp3) is 0.625. The van der Waals surface area contributed by atoms with Gasteiger partial charge in [0.2, 0.25) is 0 Å². The maximum Gasteiger partial charge on any atom is 0.272 e. The molecule has 0 amide bonds. The molecule has 0 fully saturated rings. The van der Waals surface area contributed by atoms with E-state index in [0.717, 1.165) is 0 Å². The van der Waals surface area contributed by atoms with E-state index in [-0.39, 0.29) is 5.92 Å². The Hall–Kier alpha value is -0.830. The Morgan fingerprint density at radius 1 is 1.82 bits per heavy atom. The number of aldehydes is 1. The molecule has 0 aromatic heterocycles. The number of rotatable bonds is 3. The third-order valence-corrected chi connectivity index (χ3v) is 1.79. The maximum absolute atomic E-state index is 10.6. The van der Waals surface area contributed by atoms with Gasteiger partial charge in [-0.15, -0.1) is 0 Å². The van der Waals surface area contributed by atoms with Gasteiger partial charge in [-0.1, -0.05) is 6.92 Å². The first kappa shape index (κ1) is 8.27. The third kappa shape index (κ3) is 1.28. The summed E-state index contributed by atoms with van der Waals surface area (Å²) >= 11 is 0. The molecule has 11 heavy (non-hydrogen) atoms. The Morgan fingerprint density at radius 3 is 2.91 bits per heavy atom. The van der Waals surface area contributed by atoms with E-state index < -0.39 is 5.79 Å². The van der Waals surface area contributed by atoms with Crippen LogP contribution in [0.2, 0.25) is 0 Å². The first-order valence-corrected chi connectivity index (χ1v) is 3.70. The Bertz CT molecular complexity index is 176. The monoisotopic (exact) mass is 156 g/mol. The van der Waals surface area contributed by atoms with Crippen molar-refractivity contribution in [2.24, 2.45) is 5.92 Å². The quantitative estimate of drug-likeness (QED) is 0.574. The van der Waals surface area contributed by atoms with Crippen LogP contribution in [-0.2, 0) is 14.3 Å². The summed E-state index contributed by atoms with van der Waals surface area (Å²) in [7, 11) is 0. The van der Waals surface area contributed by atoms with Crippen molar-refractivity contribution in [1.82, 2.24) is 0 Å². The Kier molecular flexibility index (Phi) is 2.29. The second-order valence-electron chi connectivity index (χ2n) is 2.51. The van der Waals surface area contributed by atoms with E-state index in [1.165, 1.54) is 6.26 Å². The van der Waals surface area contributed by atoms with Crippen LogP contribution in [-0.4, -0.2) is 18.7 Å². The van der Waals surface area contributed by atoms with Crippen LogP contribution in [0.25, 0.3) is 0 Å². The second-order valence-corrected chi connectivity index (χ2v) is 2.51. The van der Waals surface area contributed by atoms with Gasteiger partial charge in [0.25, 0.3) is 5.79 Å². The van der Waals surface area contributed by atoms with Crippen LogP contribution in [0.15, 0.2) is 12.3 Å². The van der Waals surface area contributed by atoms with Crippen molar-refractivity contribution in [1.29, 1.82) is 0 Å². The van der Waals surface area contributed by atoms with Gasteiger partial charge in [0.15, 0.2) is 6.29 Å².